The predicted octanol–water partition coefficient (Wildman–Crippen LogP) is 5.41. The van der Waals surface area contributed by atoms with Gasteiger partial charge in [-0.3, -0.25) is 0 Å². The van der Waals surface area contributed by atoms with Gasteiger partial charge in [-0.1, -0.05) is 65.8 Å². The third-order valence-corrected chi connectivity index (χ3v) is 4.95. The van der Waals surface area contributed by atoms with Crippen molar-refractivity contribution in [3.8, 4) is 0 Å². The maximum Gasteiger partial charge on any atom is 0.0231 e. The molecule has 0 atom stereocenters. The van der Waals surface area contributed by atoms with Crippen molar-refractivity contribution in [3.05, 3.63) is 58.1 Å². The Morgan fingerprint density at radius 2 is 1.90 bits per heavy atom. The highest BCUT2D eigenvalue weighted by molar-refractivity contribution is 9.10. The Labute approximate surface area is 134 Å². The lowest BCUT2D eigenvalue weighted by Gasteiger charge is -2.11. The molecule has 106 valence electrons. The molecule has 0 unspecified atom stereocenters. The van der Waals surface area contributed by atoms with Gasteiger partial charge >= 0.3 is 0 Å². The van der Waals surface area contributed by atoms with Crippen LogP contribution in [0.4, 0.5) is 0 Å². The topological polar surface area (TPSA) is 12.0 Å². The van der Waals surface area contributed by atoms with Crippen LogP contribution in [-0.2, 0) is 6.54 Å². The first-order valence-electron chi connectivity index (χ1n) is 6.81. The maximum atomic E-state index is 3.68. The zero-order valence-electron chi connectivity index (χ0n) is 12.1. The fourth-order valence-electron chi connectivity index (χ4n) is 1.85. The van der Waals surface area contributed by atoms with Crippen LogP contribution in [0.1, 0.15) is 25.0 Å². The Bertz CT molecular complexity index is 581. The number of nitrogens with one attached hydrogen (secondary N) is 1. The van der Waals surface area contributed by atoms with Crippen LogP contribution in [0.2, 0.25) is 0 Å². The second kappa shape index (κ2) is 7.30. The van der Waals surface area contributed by atoms with E-state index in [0.717, 1.165) is 6.54 Å². The van der Waals surface area contributed by atoms with Crippen LogP contribution < -0.4 is 5.32 Å². The molecule has 0 bridgehead atoms. The number of aryl methyl sites for hydroxylation is 1. The number of benzene rings is 2. The third-order valence-electron chi connectivity index (χ3n) is 3.05. The fourth-order valence-corrected chi connectivity index (χ4v) is 3.46. The van der Waals surface area contributed by atoms with Crippen molar-refractivity contribution in [3.63, 3.8) is 0 Å². The molecule has 0 radical (unpaired) electrons. The summed E-state index contributed by atoms with van der Waals surface area (Å²) in [6.07, 6.45) is 0. The molecular weight excluding hydrogens is 330 g/mol. The highest BCUT2D eigenvalue weighted by Crippen LogP contribution is 2.32. The Balaban J connectivity index is 2.11. The molecule has 0 heterocycles. The van der Waals surface area contributed by atoms with Crippen molar-refractivity contribution in [2.75, 3.05) is 0 Å². The van der Waals surface area contributed by atoms with Crippen molar-refractivity contribution in [1.82, 2.24) is 5.32 Å². The summed E-state index contributed by atoms with van der Waals surface area (Å²) in [5.41, 5.74) is 2.62. The number of hydrogen-bond acceptors (Lipinski definition) is 2. The summed E-state index contributed by atoms with van der Waals surface area (Å²) in [6, 6.07) is 15.6. The van der Waals surface area contributed by atoms with E-state index in [2.05, 4.69) is 84.5 Å². The van der Waals surface area contributed by atoms with Crippen LogP contribution in [-0.4, -0.2) is 6.04 Å². The van der Waals surface area contributed by atoms with E-state index in [0.29, 0.717) is 6.04 Å². The largest absolute Gasteiger partial charge is 0.310 e. The molecule has 0 amide bonds. The molecule has 0 aliphatic rings. The average Bonchev–Trinajstić information content (AvgIpc) is 2.40. The summed E-state index contributed by atoms with van der Waals surface area (Å²) in [6.45, 7) is 7.37. The minimum Gasteiger partial charge on any atom is -0.310 e. The highest BCUT2D eigenvalue weighted by atomic mass is 79.9. The smallest absolute Gasteiger partial charge is 0.0231 e. The van der Waals surface area contributed by atoms with Gasteiger partial charge < -0.3 is 5.32 Å². The van der Waals surface area contributed by atoms with Crippen molar-refractivity contribution in [2.24, 2.45) is 0 Å². The number of hydrogen-bond donors (Lipinski definition) is 1. The Morgan fingerprint density at radius 1 is 1.15 bits per heavy atom. The second-order valence-electron chi connectivity index (χ2n) is 5.16. The molecule has 0 aromatic heterocycles. The van der Waals surface area contributed by atoms with Crippen molar-refractivity contribution in [2.45, 2.75) is 43.1 Å². The SMILES string of the molecule is Cc1ccccc1Sc1ccc(CNC(C)C)c(Br)c1. The van der Waals surface area contributed by atoms with Gasteiger partial charge in [0.15, 0.2) is 0 Å². The standard InChI is InChI=1S/C17H20BrNS/c1-12(2)19-11-14-8-9-15(10-16(14)18)20-17-7-5-4-6-13(17)3/h4-10,12,19H,11H2,1-3H3. The molecule has 0 aliphatic heterocycles. The van der Waals surface area contributed by atoms with E-state index >= 15 is 0 Å². The summed E-state index contributed by atoms with van der Waals surface area (Å²) >= 11 is 5.49. The monoisotopic (exact) mass is 349 g/mol. The molecule has 0 fully saturated rings. The molecule has 3 heteroatoms. The Hall–Kier alpha value is -0.770. The first-order chi connectivity index (χ1) is 9.56. The minimum atomic E-state index is 0.503. The zero-order valence-corrected chi connectivity index (χ0v) is 14.5. The van der Waals surface area contributed by atoms with Gasteiger partial charge in [0.05, 0.1) is 0 Å². The molecule has 1 nitrogen and oxygen atoms in total. The van der Waals surface area contributed by atoms with Crippen LogP contribution in [0.25, 0.3) is 0 Å². The van der Waals surface area contributed by atoms with E-state index in [9.17, 15) is 0 Å². The Kier molecular flexibility index (Phi) is 5.70. The molecule has 2 aromatic rings. The summed E-state index contributed by atoms with van der Waals surface area (Å²) in [7, 11) is 0. The van der Waals surface area contributed by atoms with Crippen LogP contribution >= 0.6 is 27.7 Å². The molecule has 0 saturated heterocycles. The van der Waals surface area contributed by atoms with Gasteiger partial charge in [0, 0.05) is 26.9 Å². The van der Waals surface area contributed by atoms with Crippen LogP contribution in [0.3, 0.4) is 0 Å². The van der Waals surface area contributed by atoms with Crippen LogP contribution in [0.5, 0.6) is 0 Å². The highest BCUT2D eigenvalue weighted by Gasteiger charge is 2.05. The molecule has 2 aromatic carbocycles. The van der Waals surface area contributed by atoms with Gasteiger partial charge in [-0.25, -0.2) is 0 Å². The summed E-state index contributed by atoms with van der Waals surface area (Å²) < 4.78 is 1.17. The molecule has 0 saturated carbocycles. The lowest BCUT2D eigenvalue weighted by atomic mass is 10.2. The molecule has 2 rings (SSSR count). The van der Waals surface area contributed by atoms with E-state index in [1.807, 2.05) is 11.8 Å². The second-order valence-corrected chi connectivity index (χ2v) is 7.13. The van der Waals surface area contributed by atoms with Crippen LogP contribution in [0.15, 0.2) is 56.7 Å². The van der Waals surface area contributed by atoms with Crippen molar-refractivity contribution in [1.29, 1.82) is 0 Å². The molecule has 0 aliphatic carbocycles. The average molecular weight is 350 g/mol. The van der Waals surface area contributed by atoms with Gasteiger partial charge in [0.25, 0.3) is 0 Å². The quantitative estimate of drug-likeness (QED) is 0.774. The van der Waals surface area contributed by atoms with Crippen molar-refractivity contribution >= 4 is 27.7 Å². The summed E-state index contributed by atoms with van der Waals surface area (Å²) in [5.74, 6) is 0. The maximum absolute atomic E-state index is 3.68. The van der Waals surface area contributed by atoms with E-state index in [4.69, 9.17) is 0 Å². The normalized spacial score (nSPS) is 11.1. The first-order valence-corrected chi connectivity index (χ1v) is 8.42. The molecule has 0 spiro atoms. The lowest BCUT2D eigenvalue weighted by molar-refractivity contribution is 0.587. The fraction of sp³-hybridized carbons (Fsp3) is 0.294. The zero-order chi connectivity index (χ0) is 14.5. The van der Waals surface area contributed by atoms with E-state index in [-0.39, 0.29) is 0 Å². The number of rotatable bonds is 5. The van der Waals surface area contributed by atoms with Crippen molar-refractivity contribution < 1.29 is 0 Å². The van der Waals surface area contributed by atoms with E-state index in [1.54, 1.807) is 0 Å². The van der Waals surface area contributed by atoms with Gasteiger partial charge in [0.2, 0.25) is 0 Å². The number of halogens is 1. The predicted molar refractivity (Wildman–Crippen MR) is 91.4 cm³/mol. The lowest BCUT2D eigenvalue weighted by Crippen LogP contribution is -2.21. The third kappa shape index (κ3) is 4.37. The molecule has 20 heavy (non-hydrogen) atoms. The van der Waals surface area contributed by atoms with Gasteiger partial charge in [-0.05, 0) is 36.2 Å². The molecular formula is C17H20BrNS. The summed E-state index contributed by atoms with van der Waals surface area (Å²) in [5, 5.41) is 3.44. The van der Waals surface area contributed by atoms with E-state index in [1.165, 1.54) is 25.4 Å². The first kappa shape index (κ1) is 15.6. The molecule has 1 N–H and O–H groups in total. The van der Waals surface area contributed by atoms with Gasteiger partial charge in [-0.15, -0.1) is 0 Å². The Morgan fingerprint density at radius 3 is 2.55 bits per heavy atom. The van der Waals surface area contributed by atoms with Crippen LogP contribution in [0, 0.1) is 6.92 Å². The van der Waals surface area contributed by atoms with Gasteiger partial charge in [0.1, 0.15) is 0 Å². The summed E-state index contributed by atoms with van der Waals surface area (Å²) in [4.78, 5) is 2.58. The van der Waals surface area contributed by atoms with Gasteiger partial charge in [-0.2, -0.15) is 0 Å². The van der Waals surface area contributed by atoms with E-state index < -0.39 is 0 Å². The minimum absolute atomic E-state index is 0.503.